The minimum absolute atomic E-state index is 0.0487. The molecule has 226 valence electrons. The van der Waals surface area contributed by atoms with Gasteiger partial charge in [0.25, 0.3) is 10.0 Å². The molecule has 0 heterocycles. The molecule has 0 spiro atoms. The Morgan fingerprint density at radius 2 is 1.57 bits per heavy atom. The number of methoxy groups -OCH3 is 1. The van der Waals surface area contributed by atoms with E-state index in [1.54, 1.807) is 61.7 Å². The van der Waals surface area contributed by atoms with Gasteiger partial charge in [-0.1, -0.05) is 44.2 Å². The van der Waals surface area contributed by atoms with Crippen LogP contribution in [0.15, 0.2) is 83.8 Å². The van der Waals surface area contributed by atoms with Crippen molar-refractivity contribution in [3.05, 3.63) is 84.4 Å². The van der Waals surface area contributed by atoms with Gasteiger partial charge in [-0.2, -0.15) is 0 Å². The van der Waals surface area contributed by atoms with Crippen LogP contribution in [-0.2, 0) is 26.2 Å². The highest BCUT2D eigenvalue weighted by Gasteiger charge is 2.34. The molecular formula is C32H41N3O6S. The number of benzene rings is 3. The predicted molar refractivity (Wildman–Crippen MR) is 164 cm³/mol. The molecule has 0 saturated carbocycles. The third-order valence-corrected chi connectivity index (χ3v) is 8.71. The molecule has 10 heteroatoms. The van der Waals surface area contributed by atoms with E-state index in [2.05, 4.69) is 5.32 Å². The number of nitrogens with zero attached hydrogens (tertiary/aromatic N) is 2. The zero-order valence-corrected chi connectivity index (χ0v) is 25.8. The minimum Gasteiger partial charge on any atom is -0.497 e. The standard InChI is InChI=1S/C32H41N3O6S/c1-6-24(4)33-32(37)30(7-2)34(22-25-13-12-14-28(21-25)40-5)31(36)23-35(26-17-19-27(20-18-26)41-8-3)42(38,39)29-15-10-9-11-16-29/h9-21,24,30H,6-8,22-23H2,1-5H3,(H,33,37)/t24-,30-/m0/s1. The highest BCUT2D eigenvalue weighted by Crippen LogP contribution is 2.27. The van der Waals surface area contributed by atoms with Gasteiger partial charge in [0.15, 0.2) is 0 Å². The van der Waals surface area contributed by atoms with Crippen molar-refractivity contribution in [1.82, 2.24) is 10.2 Å². The van der Waals surface area contributed by atoms with Crippen molar-refractivity contribution in [2.45, 2.75) is 64.1 Å². The molecule has 0 unspecified atom stereocenters. The van der Waals surface area contributed by atoms with Crippen molar-refractivity contribution in [3.8, 4) is 11.5 Å². The lowest BCUT2D eigenvalue weighted by Gasteiger charge is -2.33. The average molecular weight is 596 g/mol. The van der Waals surface area contributed by atoms with Crippen molar-refractivity contribution in [1.29, 1.82) is 0 Å². The molecule has 0 aromatic heterocycles. The highest BCUT2D eigenvalue weighted by molar-refractivity contribution is 7.92. The smallest absolute Gasteiger partial charge is 0.264 e. The van der Waals surface area contributed by atoms with Gasteiger partial charge in [0.05, 0.1) is 24.3 Å². The van der Waals surface area contributed by atoms with Crippen LogP contribution in [0.4, 0.5) is 5.69 Å². The Morgan fingerprint density at radius 1 is 0.881 bits per heavy atom. The Labute approximate surface area is 249 Å². The number of nitrogens with one attached hydrogen (secondary N) is 1. The zero-order chi connectivity index (χ0) is 30.7. The first-order valence-corrected chi connectivity index (χ1v) is 15.6. The van der Waals surface area contributed by atoms with Crippen LogP contribution in [0.25, 0.3) is 0 Å². The van der Waals surface area contributed by atoms with Gasteiger partial charge in [-0.25, -0.2) is 8.42 Å². The first kappa shape index (κ1) is 32.5. The summed E-state index contributed by atoms with van der Waals surface area (Å²) < 4.78 is 39.8. The van der Waals surface area contributed by atoms with E-state index in [1.807, 2.05) is 39.8 Å². The summed E-state index contributed by atoms with van der Waals surface area (Å²) in [7, 11) is -2.59. The van der Waals surface area contributed by atoms with Crippen molar-refractivity contribution in [3.63, 3.8) is 0 Å². The van der Waals surface area contributed by atoms with E-state index in [0.29, 0.717) is 30.2 Å². The molecule has 0 fully saturated rings. The van der Waals surface area contributed by atoms with Crippen LogP contribution >= 0.6 is 0 Å². The summed E-state index contributed by atoms with van der Waals surface area (Å²) in [5, 5.41) is 2.98. The van der Waals surface area contributed by atoms with Gasteiger partial charge < -0.3 is 19.7 Å². The number of anilines is 1. The van der Waals surface area contributed by atoms with Crippen molar-refractivity contribution in [2.75, 3.05) is 24.6 Å². The van der Waals surface area contributed by atoms with Crippen molar-refractivity contribution < 1.29 is 27.5 Å². The second kappa shape index (κ2) is 15.3. The monoisotopic (exact) mass is 595 g/mol. The van der Waals surface area contributed by atoms with Crippen LogP contribution in [0.5, 0.6) is 11.5 Å². The fourth-order valence-corrected chi connectivity index (χ4v) is 5.89. The van der Waals surface area contributed by atoms with Crippen molar-refractivity contribution >= 4 is 27.5 Å². The molecule has 0 aliphatic carbocycles. The molecule has 1 N–H and O–H groups in total. The summed E-state index contributed by atoms with van der Waals surface area (Å²) in [4.78, 5) is 29.1. The van der Waals surface area contributed by atoms with Crippen LogP contribution in [0.3, 0.4) is 0 Å². The Bertz CT molecular complexity index is 1410. The first-order chi connectivity index (χ1) is 20.1. The van der Waals surface area contributed by atoms with E-state index in [-0.39, 0.29) is 23.4 Å². The fraction of sp³-hybridized carbons (Fsp3) is 0.375. The topological polar surface area (TPSA) is 105 Å². The molecular weight excluding hydrogens is 554 g/mol. The van der Waals surface area contributed by atoms with Gasteiger partial charge in [-0.15, -0.1) is 0 Å². The lowest BCUT2D eigenvalue weighted by molar-refractivity contribution is -0.140. The van der Waals surface area contributed by atoms with Gasteiger partial charge in [-0.3, -0.25) is 13.9 Å². The maximum absolute atomic E-state index is 14.2. The number of ether oxygens (including phenoxy) is 2. The van der Waals surface area contributed by atoms with Gasteiger partial charge in [-0.05, 0) is 80.8 Å². The van der Waals surface area contributed by atoms with Gasteiger partial charge in [0.1, 0.15) is 24.1 Å². The summed E-state index contributed by atoms with van der Waals surface area (Å²) in [6.07, 6.45) is 1.07. The van der Waals surface area contributed by atoms with Gasteiger partial charge in [0.2, 0.25) is 11.8 Å². The molecule has 3 aromatic rings. The molecule has 3 aromatic carbocycles. The molecule has 42 heavy (non-hydrogen) atoms. The molecule has 0 saturated heterocycles. The normalized spacial score (nSPS) is 12.6. The van der Waals surface area contributed by atoms with Crippen LogP contribution in [0.2, 0.25) is 0 Å². The number of carbonyl (C=O) groups is 2. The maximum atomic E-state index is 14.2. The summed E-state index contributed by atoms with van der Waals surface area (Å²) in [6, 6.07) is 20.9. The lowest BCUT2D eigenvalue weighted by atomic mass is 10.1. The molecule has 9 nitrogen and oxygen atoms in total. The van der Waals surface area contributed by atoms with Crippen LogP contribution in [0, 0.1) is 0 Å². The highest BCUT2D eigenvalue weighted by atomic mass is 32.2. The maximum Gasteiger partial charge on any atom is 0.264 e. The van der Waals surface area contributed by atoms with Gasteiger partial charge in [0, 0.05) is 12.6 Å². The van der Waals surface area contributed by atoms with Crippen LogP contribution in [-0.4, -0.2) is 57.5 Å². The quantitative estimate of drug-likeness (QED) is 0.265. The summed E-state index contributed by atoms with van der Waals surface area (Å²) >= 11 is 0. The lowest BCUT2D eigenvalue weighted by Crippen LogP contribution is -2.53. The Kier molecular flexibility index (Phi) is 11.8. The van der Waals surface area contributed by atoms with E-state index < -0.39 is 28.5 Å². The van der Waals surface area contributed by atoms with E-state index in [4.69, 9.17) is 9.47 Å². The molecule has 0 aliphatic heterocycles. The van der Waals surface area contributed by atoms with E-state index in [1.165, 1.54) is 17.0 Å². The number of carbonyl (C=O) groups excluding carboxylic acids is 2. The summed E-state index contributed by atoms with van der Waals surface area (Å²) in [5.74, 6) is 0.385. The SMILES string of the molecule is CCOc1ccc(N(CC(=O)N(Cc2cccc(OC)c2)[C@@H](CC)C(=O)N[C@@H](C)CC)S(=O)(=O)c2ccccc2)cc1. The summed E-state index contributed by atoms with van der Waals surface area (Å²) in [5.41, 5.74) is 1.05. The number of amides is 2. The Morgan fingerprint density at radius 3 is 2.17 bits per heavy atom. The number of hydrogen-bond acceptors (Lipinski definition) is 6. The zero-order valence-electron chi connectivity index (χ0n) is 24.9. The number of rotatable bonds is 15. The number of hydrogen-bond donors (Lipinski definition) is 1. The van der Waals surface area contributed by atoms with Crippen molar-refractivity contribution in [2.24, 2.45) is 0 Å². The third-order valence-electron chi connectivity index (χ3n) is 6.92. The Balaban J connectivity index is 2.06. The molecule has 3 rings (SSSR count). The van der Waals surface area contributed by atoms with E-state index in [0.717, 1.165) is 16.3 Å². The second-order valence-corrected chi connectivity index (χ2v) is 11.7. The van der Waals surface area contributed by atoms with Crippen LogP contribution < -0.4 is 19.1 Å². The van der Waals surface area contributed by atoms with E-state index in [9.17, 15) is 18.0 Å². The number of sulfonamides is 1. The molecule has 2 amide bonds. The average Bonchev–Trinajstić information content (AvgIpc) is 3.00. The van der Waals surface area contributed by atoms with Crippen LogP contribution in [0.1, 0.15) is 46.1 Å². The third kappa shape index (κ3) is 8.25. The first-order valence-electron chi connectivity index (χ1n) is 14.2. The largest absolute Gasteiger partial charge is 0.497 e. The molecule has 0 bridgehead atoms. The molecule has 2 atom stereocenters. The Hall–Kier alpha value is -4.05. The summed E-state index contributed by atoms with van der Waals surface area (Å²) in [6.45, 7) is 7.59. The van der Waals surface area contributed by atoms with Gasteiger partial charge >= 0.3 is 0 Å². The predicted octanol–water partition coefficient (Wildman–Crippen LogP) is 5.01. The second-order valence-electron chi connectivity index (χ2n) is 9.87. The molecule has 0 aliphatic rings. The van der Waals surface area contributed by atoms with E-state index >= 15 is 0 Å². The molecule has 0 radical (unpaired) electrons. The fourth-order valence-electron chi connectivity index (χ4n) is 4.45. The minimum atomic E-state index is -4.14.